The van der Waals surface area contributed by atoms with Gasteiger partial charge in [-0.05, 0) is 33.6 Å². The molecule has 1 aliphatic carbocycles. The molecule has 82 valence electrons. The second-order valence-electron chi connectivity index (χ2n) is 4.50. The molecular weight excluding hydrogens is 242 g/mol. The fourth-order valence-electron chi connectivity index (χ4n) is 2.13. The highest BCUT2D eigenvalue weighted by atomic mass is 79.9. The molecule has 1 rings (SSSR count). The summed E-state index contributed by atoms with van der Waals surface area (Å²) in [4.78, 5) is 14.1. The summed E-state index contributed by atoms with van der Waals surface area (Å²) in [5.74, 6) is 0.229. The van der Waals surface area contributed by atoms with Gasteiger partial charge in [0.1, 0.15) is 0 Å². The minimum atomic E-state index is -0.411. The molecule has 1 saturated carbocycles. The quantitative estimate of drug-likeness (QED) is 0.716. The van der Waals surface area contributed by atoms with Crippen molar-refractivity contribution in [1.82, 2.24) is 4.90 Å². The van der Waals surface area contributed by atoms with Gasteiger partial charge in [0.2, 0.25) is 5.91 Å². The number of halogens is 1. The van der Waals surface area contributed by atoms with Crippen LogP contribution >= 0.6 is 15.9 Å². The summed E-state index contributed by atoms with van der Waals surface area (Å²) >= 11 is 3.44. The van der Waals surface area contributed by atoms with E-state index in [4.69, 9.17) is 0 Å². The van der Waals surface area contributed by atoms with E-state index in [-0.39, 0.29) is 5.91 Å². The molecule has 0 radical (unpaired) electrons. The van der Waals surface area contributed by atoms with Crippen molar-refractivity contribution in [1.29, 1.82) is 0 Å². The summed E-state index contributed by atoms with van der Waals surface area (Å²) in [5.41, 5.74) is 0. The smallest absolute Gasteiger partial charge is 0.239 e. The van der Waals surface area contributed by atoms with Crippen LogP contribution in [-0.2, 0) is 4.79 Å². The van der Waals surface area contributed by atoms with Crippen molar-refractivity contribution in [2.45, 2.75) is 56.8 Å². The Morgan fingerprint density at radius 3 is 2.29 bits per heavy atom. The van der Waals surface area contributed by atoms with E-state index in [1.807, 2.05) is 18.7 Å². The second kappa shape index (κ2) is 4.65. The van der Waals surface area contributed by atoms with Gasteiger partial charge in [0, 0.05) is 12.6 Å². The van der Waals surface area contributed by atoms with Gasteiger partial charge in [0.05, 0.1) is 4.32 Å². The molecular formula is C11H20BrNO. The molecule has 0 unspecified atom stereocenters. The lowest BCUT2D eigenvalue weighted by molar-refractivity contribution is -0.134. The molecule has 0 aliphatic heterocycles. The Labute approximate surface area is 95.2 Å². The molecule has 1 amide bonds. The molecule has 14 heavy (non-hydrogen) atoms. The first-order chi connectivity index (χ1) is 6.46. The molecule has 3 heteroatoms. The van der Waals surface area contributed by atoms with E-state index in [9.17, 15) is 4.79 Å². The summed E-state index contributed by atoms with van der Waals surface area (Å²) < 4.78 is -0.411. The fourth-order valence-corrected chi connectivity index (χ4v) is 2.35. The minimum Gasteiger partial charge on any atom is -0.339 e. The lowest BCUT2D eigenvalue weighted by Crippen LogP contribution is -2.46. The Bertz CT molecular complexity index is 204. The molecule has 2 nitrogen and oxygen atoms in total. The molecule has 0 atom stereocenters. The van der Waals surface area contributed by atoms with Gasteiger partial charge in [-0.1, -0.05) is 28.8 Å². The number of hydrogen-bond donors (Lipinski definition) is 0. The van der Waals surface area contributed by atoms with Crippen molar-refractivity contribution in [3.63, 3.8) is 0 Å². The first-order valence-electron chi connectivity index (χ1n) is 5.46. The van der Waals surface area contributed by atoms with Crippen LogP contribution < -0.4 is 0 Å². The van der Waals surface area contributed by atoms with Gasteiger partial charge >= 0.3 is 0 Å². The van der Waals surface area contributed by atoms with Crippen molar-refractivity contribution in [2.24, 2.45) is 0 Å². The van der Waals surface area contributed by atoms with Crippen LogP contribution in [0.1, 0.15) is 46.5 Å². The monoisotopic (exact) mass is 261 g/mol. The predicted molar refractivity (Wildman–Crippen MR) is 62.6 cm³/mol. The lowest BCUT2D eigenvalue weighted by atomic mass is 10.1. The van der Waals surface area contributed by atoms with Crippen LogP contribution in [0.15, 0.2) is 0 Å². The lowest BCUT2D eigenvalue weighted by Gasteiger charge is -2.32. The standard InChI is InChI=1S/C11H20BrNO/c1-4-13(9-7-5-6-8-9)10(14)11(2,3)12/h9H,4-8H2,1-3H3. The summed E-state index contributed by atoms with van der Waals surface area (Å²) in [6.07, 6.45) is 4.92. The van der Waals surface area contributed by atoms with Crippen molar-refractivity contribution < 1.29 is 4.79 Å². The van der Waals surface area contributed by atoms with Gasteiger partial charge in [-0.15, -0.1) is 0 Å². The normalized spacial score (nSPS) is 18.6. The van der Waals surface area contributed by atoms with Crippen LogP contribution in [0.25, 0.3) is 0 Å². The average Bonchev–Trinajstić information content (AvgIpc) is 2.57. The van der Waals surface area contributed by atoms with Crippen molar-refractivity contribution >= 4 is 21.8 Å². The molecule has 0 heterocycles. The zero-order valence-electron chi connectivity index (χ0n) is 9.35. The maximum absolute atomic E-state index is 12.1. The highest BCUT2D eigenvalue weighted by Gasteiger charge is 2.33. The number of rotatable bonds is 3. The van der Waals surface area contributed by atoms with Crippen LogP contribution in [-0.4, -0.2) is 27.7 Å². The SMILES string of the molecule is CCN(C(=O)C(C)(C)Br)C1CCCC1. The van der Waals surface area contributed by atoms with E-state index in [0.29, 0.717) is 6.04 Å². The summed E-state index contributed by atoms with van der Waals surface area (Å²) in [7, 11) is 0. The third-order valence-corrected chi connectivity index (χ3v) is 3.21. The first kappa shape index (κ1) is 12.0. The number of alkyl halides is 1. The molecule has 0 aromatic heterocycles. The molecule has 0 spiro atoms. The largest absolute Gasteiger partial charge is 0.339 e. The minimum absolute atomic E-state index is 0.229. The highest BCUT2D eigenvalue weighted by molar-refractivity contribution is 9.10. The molecule has 0 aromatic rings. The van der Waals surface area contributed by atoms with Gasteiger partial charge in [-0.2, -0.15) is 0 Å². The molecule has 0 bridgehead atoms. The van der Waals surface area contributed by atoms with Crippen molar-refractivity contribution in [3.8, 4) is 0 Å². The number of carbonyl (C=O) groups is 1. The van der Waals surface area contributed by atoms with Gasteiger partial charge < -0.3 is 4.90 Å². The van der Waals surface area contributed by atoms with Gasteiger partial charge in [-0.25, -0.2) is 0 Å². The van der Waals surface area contributed by atoms with E-state index in [1.54, 1.807) is 0 Å². The fraction of sp³-hybridized carbons (Fsp3) is 0.909. The third-order valence-electron chi connectivity index (χ3n) is 2.88. The Balaban J connectivity index is 2.65. The first-order valence-corrected chi connectivity index (χ1v) is 6.26. The molecule has 0 saturated heterocycles. The topological polar surface area (TPSA) is 20.3 Å². The number of carbonyl (C=O) groups excluding carboxylic acids is 1. The average molecular weight is 262 g/mol. The Kier molecular flexibility index (Phi) is 3.99. The van der Waals surface area contributed by atoms with Crippen LogP contribution in [0.2, 0.25) is 0 Å². The maximum atomic E-state index is 12.1. The Hall–Kier alpha value is -0.0500. The highest BCUT2D eigenvalue weighted by Crippen LogP contribution is 2.27. The summed E-state index contributed by atoms with van der Waals surface area (Å²) in [6, 6.07) is 0.490. The number of amides is 1. The zero-order chi connectivity index (χ0) is 10.8. The number of nitrogens with zero attached hydrogens (tertiary/aromatic N) is 1. The summed E-state index contributed by atoms with van der Waals surface area (Å²) in [6.45, 7) is 6.74. The van der Waals surface area contributed by atoms with Gasteiger partial charge in [0.15, 0.2) is 0 Å². The third kappa shape index (κ3) is 2.72. The van der Waals surface area contributed by atoms with Gasteiger partial charge in [-0.3, -0.25) is 4.79 Å². The number of hydrogen-bond acceptors (Lipinski definition) is 1. The molecule has 0 aromatic carbocycles. The zero-order valence-corrected chi connectivity index (χ0v) is 10.9. The second-order valence-corrected chi connectivity index (χ2v) is 6.48. The van der Waals surface area contributed by atoms with Crippen molar-refractivity contribution in [2.75, 3.05) is 6.54 Å². The predicted octanol–water partition coefficient (Wildman–Crippen LogP) is 2.95. The maximum Gasteiger partial charge on any atom is 0.239 e. The van der Waals surface area contributed by atoms with E-state index in [0.717, 1.165) is 6.54 Å². The van der Waals surface area contributed by atoms with Crippen LogP contribution in [0.3, 0.4) is 0 Å². The van der Waals surface area contributed by atoms with E-state index in [1.165, 1.54) is 25.7 Å². The molecule has 1 fully saturated rings. The Morgan fingerprint density at radius 1 is 1.43 bits per heavy atom. The molecule has 0 N–H and O–H groups in total. The van der Waals surface area contributed by atoms with E-state index in [2.05, 4.69) is 22.9 Å². The van der Waals surface area contributed by atoms with Crippen molar-refractivity contribution in [3.05, 3.63) is 0 Å². The summed E-state index contributed by atoms with van der Waals surface area (Å²) in [5, 5.41) is 0. The van der Waals surface area contributed by atoms with E-state index < -0.39 is 4.32 Å². The Morgan fingerprint density at radius 2 is 1.93 bits per heavy atom. The van der Waals surface area contributed by atoms with Crippen LogP contribution in [0, 0.1) is 0 Å². The van der Waals surface area contributed by atoms with E-state index >= 15 is 0 Å². The van der Waals surface area contributed by atoms with Crippen LogP contribution in [0.4, 0.5) is 0 Å². The molecule has 1 aliphatic rings. The van der Waals surface area contributed by atoms with Gasteiger partial charge in [0.25, 0.3) is 0 Å². The van der Waals surface area contributed by atoms with Crippen LogP contribution in [0.5, 0.6) is 0 Å².